The summed E-state index contributed by atoms with van der Waals surface area (Å²) >= 11 is 1.81. The lowest BCUT2D eigenvalue weighted by Crippen LogP contribution is -2.38. The molecule has 1 aliphatic heterocycles. The monoisotopic (exact) mass is 259 g/mol. The molecule has 2 nitrogen and oxygen atoms in total. The van der Waals surface area contributed by atoms with E-state index in [-0.39, 0.29) is 5.92 Å². The van der Waals surface area contributed by atoms with Gasteiger partial charge in [0.2, 0.25) is 0 Å². The first-order valence-corrected chi connectivity index (χ1v) is 7.32. The van der Waals surface area contributed by atoms with Crippen LogP contribution in [-0.4, -0.2) is 23.8 Å². The van der Waals surface area contributed by atoms with Crippen molar-refractivity contribution in [2.75, 3.05) is 13.1 Å². The molecule has 1 aliphatic rings. The normalized spacial score (nSPS) is 21.6. The number of hydrogen-bond acceptors (Lipinski definition) is 3. The molecule has 1 unspecified atom stereocenters. The Hall–Kier alpha value is -1.19. The second-order valence-electron chi connectivity index (χ2n) is 5.11. The van der Waals surface area contributed by atoms with Gasteiger partial charge in [0, 0.05) is 36.7 Å². The molecule has 1 aromatic carbocycles. The van der Waals surface area contributed by atoms with E-state index in [2.05, 4.69) is 34.5 Å². The number of nitrogens with zero attached hydrogens (tertiary/aromatic N) is 1. The number of likely N-dealkylation sites (tertiary alicyclic amines) is 1. The minimum atomic E-state index is 0.198. The molecule has 1 fully saturated rings. The summed E-state index contributed by atoms with van der Waals surface area (Å²) in [6.45, 7) is 4.83. The fourth-order valence-corrected chi connectivity index (χ4v) is 3.59. The van der Waals surface area contributed by atoms with Crippen molar-refractivity contribution in [2.45, 2.75) is 19.9 Å². The van der Waals surface area contributed by atoms with Gasteiger partial charge in [0.1, 0.15) is 5.78 Å². The molecule has 1 saturated heterocycles. The molecule has 0 amide bonds. The predicted octanol–water partition coefficient (Wildman–Crippen LogP) is 3.31. The molecule has 0 saturated carbocycles. The van der Waals surface area contributed by atoms with Gasteiger partial charge in [-0.2, -0.15) is 0 Å². The van der Waals surface area contributed by atoms with Crippen molar-refractivity contribution in [3.8, 4) is 0 Å². The van der Waals surface area contributed by atoms with Crippen LogP contribution < -0.4 is 0 Å². The summed E-state index contributed by atoms with van der Waals surface area (Å²) in [5, 5.41) is 3.62. The summed E-state index contributed by atoms with van der Waals surface area (Å²) in [7, 11) is 0. The molecule has 0 bridgehead atoms. The minimum absolute atomic E-state index is 0.198. The van der Waals surface area contributed by atoms with Crippen molar-refractivity contribution >= 4 is 27.2 Å². The molecular formula is C15H17NOS. The summed E-state index contributed by atoms with van der Waals surface area (Å²) in [5.74, 6) is 0.616. The summed E-state index contributed by atoms with van der Waals surface area (Å²) in [4.78, 5) is 13.9. The minimum Gasteiger partial charge on any atom is -0.299 e. The lowest BCUT2D eigenvalue weighted by molar-refractivity contribution is -0.125. The molecule has 2 aromatic rings. The maximum atomic E-state index is 11.5. The fourth-order valence-electron chi connectivity index (χ4n) is 2.63. The van der Waals surface area contributed by atoms with E-state index in [0.29, 0.717) is 12.2 Å². The van der Waals surface area contributed by atoms with Crippen molar-refractivity contribution in [3.05, 3.63) is 35.2 Å². The highest BCUT2D eigenvalue weighted by atomic mass is 32.1. The van der Waals surface area contributed by atoms with E-state index in [4.69, 9.17) is 0 Å². The van der Waals surface area contributed by atoms with Gasteiger partial charge in [-0.25, -0.2) is 0 Å². The number of fused-ring (bicyclic) bond motifs is 1. The molecule has 1 atom stereocenters. The molecule has 18 heavy (non-hydrogen) atoms. The number of piperidine rings is 1. The van der Waals surface area contributed by atoms with E-state index in [1.165, 1.54) is 15.6 Å². The molecule has 0 radical (unpaired) electrons. The summed E-state index contributed by atoms with van der Waals surface area (Å²) in [5.41, 5.74) is 1.40. The predicted molar refractivity (Wildman–Crippen MR) is 75.9 cm³/mol. The van der Waals surface area contributed by atoms with Gasteiger partial charge < -0.3 is 0 Å². The van der Waals surface area contributed by atoms with Crippen LogP contribution in [0, 0.1) is 5.92 Å². The average Bonchev–Trinajstić information content (AvgIpc) is 2.78. The molecule has 3 rings (SSSR count). The zero-order chi connectivity index (χ0) is 12.5. The zero-order valence-electron chi connectivity index (χ0n) is 10.6. The number of Topliss-reactive ketones (excluding diaryl/α,β-unsaturated/α-hetero) is 1. The van der Waals surface area contributed by atoms with Crippen LogP contribution in [0.3, 0.4) is 0 Å². The van der Waals surface area contributed by atoms with E-state index in [0.717, 1.165) is 19.6 Å². The third-order valence-corrected chi connectivity index (χ3v) is 4.72. The SMILES string of the molecule is CC1CN(Cc2csc3ccccc23)CCC1=O. The molecule has 3 heteroatoms. The number of carbonyl (C=O) groups is 1. The third kappa shape index (κ3) is 2.20. The highest BCUT2D eigenvalue weighted by Crippen LogP contribution is 2.27. The summed E-state index contributed by atoms with van der Waals surface area (Å²) < 4.78 is 1.36. The topological polar surface area (TPSA) is 20.3 Å². The highest BCUT2D eigenvalue weighted by Gasteiger charge is 2.23. The van der Waals surface area contributed by atoms with Gasteiger partial charge >= 0.3 is 0 Å². The standard InChI is InChI=1S/C15H17NOS/c1-11-8-16(7-6-14(11)17)9-12-10-18-15-5-3-2-4-13(12)15/h2-5,10-11H,6-9H2,1H3. The molecule has 1 aromatic heterocycles. The van der Waals surface area contributed by atoms with Crippen LogP contribution in [0.5, 0.6) is 0 Å². The Bertz CT molecular complexity index is 575. The fraction of sp³-hybridized carbons (Fsp3) is 0.400. The number of benzene rings is 1. The number of hydrogen-bond donors (Lipinski definition) is 0. The lowest BCUT2D eigenvalue weighted by atomic mass is 9.98. The van der Waals surface area contributed by atoms with E-state index in [1.54, 1.807) is 0 Å². The Morgan fingerprint density at radius 3 is 3.06 bits per heavy atom. The smallest absolute Gasteiger partial charge is 0.138 e. The van der Waals surface area contributed by atoms with Gasteiger partial charge in [0.05, 0.1) is 0 Å². The quantitative estimate of drug-likeness (QED) is 0.824. The van der Waals surface area contributed by atoms with Crippen molar-refractivity contribution in [1.29, 1.82) is 0 Å². The first-order valence-electron chi connectivity index (χ1n) is 6.44. The van der Waals surface area contributed by atoms with E-state index >= 15 is 0 Å². The maximum absolute atomic E-state index is 11.5. The first kappa shape index (κ1) is 11.9. The molecule has 0 spiro atoms. The largest absolute Gasteiger partial charge is 0.299 e. The van der Waals surface area contributed by atoms with Gasteiger partial charge in [-0.05, 0) is 22.4 Å². The van der Waals surface area contributed by atoms with Crippen LogP contribution in [0.25, 0.3) is 10.1 Å². The second kappa shape index (κ2) is 4.82. The Morgan fingerprint density at radius 1 is 1.39 bits per heavy atom. The summed E-state index contributed by atoms with van der Waals surface area (Å²) in [6.07, 6.45) is 0.712. The second-order valence-corrected chi connectivity index (χ2v) is 6.02. The van der Waals surface area contributed by atoms with Crippen molar-refractivity contribution in [2.24, 2.45) is 5.92 Å². The van der Waals surface area contributed by atoms with Gasteiger partial charge in [-0.3, -0.25) is 9.69 Å². The number of ketones is 1. The molecular weight excluding hydrogens is 242 g/mol. The third-order valence-electron chi connectivity index (χ3n) is 3.71. The molecule has 2 heterocycles. The number of rotatable bonds is 2. The molecule has 0 N–H and O–H groups in total. The van der Waals surface area contributed by atoms with Crippen molar-refractivity contribution < 1.29 is 4.79 Å². The molecule has 94 valence electrons. The average molecular weight is 259 g/mol. The Kier molecular flexibility index (Phi) is 3.18. The van der Waals surface area contributed by atoms with E-state index in [9.17, 15) is 4.79 Å². The van der Waals surface area contributed by atoms with Crippen LogP contribution >= 0.6 is 11.3 Å². The van der Waals surface area contributed by atoms with Crippen molar-refractivity contribution in [3.63, 3.8) is 0 Å². The van der Waals surface area contributed by atoms with Crippen LogP contribution in [0.15, 0.2) is 29.6 Å². The van der Waals surface area contributed by atoms with Gasteiger partial charge in [-0.1, -0.05) is 25.1 Å². The Labute approximate surface area is 111 Å². The Morgan fingerprint density at radius 2 is 2.22 bits per heavy atom. The number of thiophene rings is 1. The van der Waals surface area contributed by atoms with E-state index in [1.807, 2.05) is 18.3 Å². The van der Waals surface area contributed by atoms with E-state index < -0.39 is 0 Å². The van der Waals surface area contributed by atoms with Crippen LogP contribution in [0.2, 0.25) is 0 Å². The van der Waals surface area contributed by atoms with Gasteiger partial charge in [0.25, 0.3) is 0 Å². The zero-order valence-corrected chi connectivity index (χ0v) is 11.4. The Balaban J connectivity index is 1.78. The molecule has 0 aliphatic carbocycles. The van der Waals surface area contributed by atoms with Gasteiger partial charge in [-0.15, -0.1) is 11.3 Å². The van der Waals surface area contributed by atoms with Crippen LogP contribution in [0.1, 0.15) is 18.9 Å². The van der Waals surface area contributed by atoms with Crippen molar-refractivity contribution in [1.82, 2.24) is 4.90 Å². The maximum Gasteiger partial charge on any atom is 0.138 e. The first-order chi connectivity index (χ1) is 8.74. The summed E-state index contributed by atoms with van der Waals surface area (Å²) in [6, 6.07) is 8.55. The highest BCUT2D eigenvalue weighted by molar-refractivity contribution is 7.17. The lowest BCUT2D eigenvalue weighted by Gasteiger charge is -2.29. The number of carbonyl (C=O) groups excluding carboxylic acids is 1. The van der Waals surface area contributed by atoms with Gasteiger partial charge in [0.15, 0.2) is 0 Å². The van der Waals surface area contributed by atoms with Crippen LogP contribution in [-0.2, 0) is 11.3 Å². The van der Waals surface area contributed by atoms with Crippen LogP contribution in [0.4, 0.5) is 0 Å².